The Morgan fingerprint density at radius 3 is 2.59 bits per heavy atom. The SMILES string of the molecule is CCSCCCC1CC[C@H]2[C@@H]3CCC4N(C)C(=O)CC[C@]4(C)[C@@H]3CC[C@]12C. The summed E-state index contributed by atoms with van der Waals surface area (Å²) in [6.45, 7) is 7.50. The number of rotatable bonds is 5. The molecule has 4 rings (SSSR count). The summed E-state index contributed by atoms with van der Waals surface area (Å²) in [7, 11) is 2.08. The fourth-order valence-electron chi connectivity index (χ4n) is 8.31. The molecule has 154 valence electrons. The van der Waals surface area contributed by atoms with E-state index in [0.29, 0.717) is 22.8 Å². The van der Waals surface area contributed by atoms with Crippen LogP contribution in [-0.2, 0) is 4.79 Å². The molecule has 3 heteroatoms. The normalized spacial score (nSPS) is 46.7. The number of piperidine rings is 1. The molecule has 1 heterocycles. The predicted octanol–water partition coefficient (Wildman–Crippen LogP) is 6.00. The van der Waals surface area contributed by atoms with Crippen LogP contribution in [0, 0.1) is 34.5 Å². The summed E-state index contributed by atoms with van der Waals surface area (Å²) in [5.74, 6) is 6.75. The third kappa shape index (κ3) is 3.19. The van der Waals surface area contributed by atoms with Crippen molar-refractivity contribution in [3.05, 3.63) is 0 Å². The van der Waals surface area contributed by atoms with Crippen LogP contribution in [-0.4, -0.2) is 35.4 Å². The van der Waals surface area contributed by atoms with Gasteiger partial charge in [0, 0.05) is 19.5 Å². The van der Waals surface area contributed by atoms with Crippen molar-refractivity contribution in [1.82, 2.24) is 4.90 Å². The minimum Gasteiger partial charge on any atom is -0.342 e. The minimum absolute atomic E-state index is 0.378. The highest BCUT2D eigenvalue weighted by molar-refractivity contribution is 7.99. The molecule has 2 nitrogen and oxygen atoms in total. The highest BCUT2D eigenvalue weighted by Crippen LogP contribution is 2.66. The van der Waals surface area contributed by atoms with Crippen LogP contribution >= 0.6 is 11.8 Å². The maximum absolute atomic E-state index is 12.3. The van der Waals surface area contributed by atoms with Crippen molar-refractivity contribution in [3.63, 3.8) is 0 Å². The van der Waals surface area contributed by atoms with E-state index in [1.54, 1.807) is 0 Å². The molecule has 0 aromatic rings. The van der Waals surface area contributed by atoms with Gasteiger partial charge in [0.15, 0.2) is 0 Å². The Bertz CT molecular complexity index is 565. The highest BCUT2D eigenvalue weighted by Gasteiger charge is 2.60. The number of likely N-dealkylation sites (tertiary alicyclic amines) is 1. The summed E-state index contributed by atoms with van der Waals surface area (Å²) in [6, 6.07) is 0.507. The first-order valence-electron chi connectivity index (χ1n) is 11.7. The Labute approximate surface area is 171 Å². The lowest BCUT2D eigenvalue weighted by Gasteiger charge is -2.62. The second-order valence-electron chi connectivity index (χ2n) is 10.6. The molecule has 0 N–H and O–H groups in total. The average Bonchev–Trinajstić information content (AvgIpc) is 2.99. The molecule has 7 atom stereocenters. The van der Waals surface area contributed by atoms with Gasteiger partial charge >= 0.3 is 0 Å². The van der Waals surface area contributed by atoms with Crippen LogP contribution < -0.4 is 0 Å². The van der Waals surface area contributed by atoms with Gasteiger partial charge < -0.3 is 4.90 Å². The predicted molar refractivity (Wildman–Crippen MR) is 116 cm³/mol. The van der Waals surface area contributed by atoms with Gasteiger partial charge in [-0.15, -0.1) is 0 Å². The van der Waals surface area contributed by atoms with Crippen LogP contribution in [0.4, 0.5) is 0 Å². The van der Waals surface area contributed by atoms with E-state index in [0.717, 1.165) is 36.5 Å². The molecule has 4 fully saturated rings. The number of carbonyl (C=O) groups is 1. The maximum atomic E-state index is 12.3. The maximum Gasteiger partial charge on any atom is 0.222 e. The molecule has 1 aliphatic heterocycles. The van der Waals surface area contributed by atoms with E-state index in [4.69, 9.17) is 0 Å². The molecule has 2 unspecified atom stereocenters. The number of fused-ring (bicyclic) bond motifs is 5. The summed E-state index contributed by atoms with van der Waals surface area (Å²) in [5.41, 5.74) is 0.986. The number of nitrogens with zero attached hydrogens (tertiary/aromatic N) is 1. The van der Waals surface area contributed by atoms with E-state index in [1.165, 1.54) is 62.9 Å². The largest absolute Gasteiger partial charge is 0.342 e. The van der Waals surface area contributed by atoms with Gasteiger partial charge in [0.1, 0.15) is 0 Å². The van der Waals surface area contributed by atoms with Crippen LogP contribution in [0.25, 0.3) is 0 Å². The summed E-state index contributed by atoms with van der Waals surface area (Å²) in [5, 5.41) is 0. The topological polar surface area (TPSA) is 20.3 Å². The molecule has 27 heavy (non-hydrogen) atoms. The molecule has 3 saturated carbocycles. The van der Waals surface area contributed by atoms with Crippen molar-refractivity contribution in [1.29, 1.82) is 0 Å². The summed E-state index contributed by atoms with van der Waals surface area (Å²) in [6.07, 6.45) is 13.3. The molecule has 1 amide bonds. The van der Waals surface area contributed by atoms with Gasteiger partial charge in [-0.1, -0.05) is 20.8 Å². The number of amides is 1. The third-order valence-electron chi connectivity index (χ3n) is 9.80. The number of carbonyl (C=O) groups excluding carboxylic acids is 1. The molecule has 0 radical (unpaired) electrons. The van der Waals surface area contributed by atoms with E-state index in [2.05, 4.69) is 44.5 Å². The summed E-state index contributed by atoms with van der Waals surface area (Å²) >= 11 is 2.12. The van der Waals surface area contributed by atoms with E-state index in [-0.39, 0.29) is 0 Å². The molecule has 4 aliphatic rings. The summed E-state index contributed by atoms with van der Waals surface area (Å²) < 4.78 is 0. The molecule has 0 bridgehead atoms. The van der Waals surface area contributed by atoms with Gasteiger partial charge in [-0.3, -0.25) is 4.79 Å². The van der Waals surface area contributed by atoms with Crippen LogP contribution in [0.1, 0.15) is 85.0 Å². The first-order valence-corrected chi connectivity index (χ1v) is 12.9. The van der Waals surface area contributed by atoms with Crippen LogP contribution in [0.5, 0.6) is 0 Å². The fourth-order valence-corrected chi connectivity index (χ4v) is 8.97. The number of thioether (sulfide) groups is 1. The van der Waals surface area contributed by atoms with Gasteiger partial charge in [0.2, 0.25) is 5.91 Å². The van der Waals surface area contributed by atoms with Crippen molar-refractivity contribution < 1.29 is 4.79 Å². The number of hydrogen-bond acceptors (Lipinski definition) is 2. The molecule has 1 saturated heterocycles. The monoisotopic (exact) mass is 391 g/mol. The fraction of sp³-hybridized carbons (Fsp3) is 0.958. The zero-order valence-corrected chi connectivity index (χ0v) is 19.0. The van der Waals surface area contributed by atoms with Crippen LogP contribution in [0.2, 0.25) is 0 Å². The Hall–Kier alpha value is -0.180. The Balaban J connectivity index is 1.48. The zero-order chi connectivity index (χ0) is 19.2. The van der Waals surface area contributed by atoms with Gasteiger partial charge in [0.25, 0.3) is 0 Å². The second kappa shape index (κ2) is 7.58. The van der Waals surface area contributed by atoms with Gasteiger partial charge in [0.05, 0.1) is 0 Å². The molecule has 0 aromatic carbocycles. The summed E-state index contributed by atoms with van der Waals surface area (Å²) in [4.78, 5) is 14.4. The molecule has 3 aliphatic carbocycles. The third-order valence-corrected chi connectivity index (χ3v) is 10.8. The van der Waals surface area contributed by atoms with Gasteiger partial charge in [-0.2, -0.15) is 11.8 Å². The highest BCUT2D eigenvalue weighted by atomic mass is 32.2. The van der Waals surface area contributed by atoms with E-state index < -0.39 is 0 Å². The average molecular weight is 392 g/mol. The van der Waals surface area contributed by atoms with Crippen molar-refractivity contribution in [3.8, 4) is 0 Å². The van der Waals surface area contributed by atoms with Crippen molar-refractivity contribution in [2.24, 2.45) is 34.5 Å². The van der Waals surface area contributed by atoms with Crippen LogP contribution in [0.3, 0.4) is 0 Å². The molecular weight excluding hydrogens is 350 g/mol. The first-order chi connectivity index (χ1) is 12.9. The quantitative estimate of drug-likeness (QED) is 0.536. The van der Waals surface area contributed by atoms with Crippen molar-refractivity contribution in [2.45, 2.75) is 91.0 Å². The van der Waals surface area contributed by atoms with E-state index in [9.17, 15) is 4.79 Å². The smallest absolute Gasteiger partial charge is 0.222 e. The second-order valence-corrected chi connectivity index (χ2v) is 12.0. The number of hydrogen-bond donors (Lipinski definition) is 0. The van der Waals surface area contributed by atoms with Gasteiger partial charge in [-0.05, 0) is 104 Å². The first kappa shape index (κ1) is 20.1. The lowest BCUT2D eigenvalue weighted by molar-refractivity contribution is -0.158. The van der Waals surface area contributed by atoms with Crippen molar-refractivity contribution >= 4 is 17.7 Å². The standard InChI is InChI=1S/C24H41NOS/c1-5-27-16-6-7-17-8-10-19-18-9-11-21-24(3,15-13-22(26)25(21)4)20(18)12-14-23(17,19)2/h17-21H,5-16H2,1-4H3/t17?,18-,19-,20+,21?,23+,24+/m0/s1. The molecular formula is C24H41NOS. The lowest BCUT2D eigenvalue weighted by atomic mass is 9.46. The molecule has 0 spiro atoms. The van der Waals surface area contributed by atoms with E-state index in [1.807, 2.05) is 0 Å². The zero-order valence-electron chi connectivity index (χ0n) is 18.1. The Morgan fingerprint density at radius 2 is 1.81 bits per heavy atom. The Kier molecular flexibility index (Phi) is 5.64. The van der Waals surface area contributed by atoms with E-state index >= 15 is 0 Å². The Morgan fingerprint density at radius 1 is 1.04 bits per heavy atom. The van der Waals surface area contributed by atoms with Crippen LogP contribution in [0.15, 0.2) is 0 Å². The van der Waals surface area contributed by atoms with Crippen molar-refractivity contribution in [2.75, 3.05) is 18.6 Å². The minimum atomic E-state index is 0.378. The van der Waals surface area contributed by atoms with Gasteiger partial charge in [-0.25, -0.2) is 0 Å². The lowest BCUT2D eigenvalue weighted by Crippen LogP contribution is -2.61. The molecule has 0 aromatic heterocycles.